The molecule has 1 unspecified atom stereocenters. The second kappa shape index (κ2) is 2.93. The highest BCUT2D eigenvalue weighted by molar-refractivity contribution is 5.82. The molecule has 0 radical (unpaired) electrons. The number of carbonyl (C=O) groups is 1. The van der Waals surface area contributed by atoms with Crippen LogP contribution in [0.15, 0.2) is 0 Å². The van der Waals surface area contributed by atoms with Crippen LogP contribution >= 0.6 is 0 Å². The summed E-state index contributed by atoms with van der Waals surface area (Å²) in [6, 6.07) is 0. The van der Waals surface area contributed by atoms with Crippen LogP contribution in [0.4, 0.5) is 8.78 Å². The molecule has 0 aromatic heterocycles. The molecule has 0 aromatic rings. The minimum Gasteiger partial charge on any atom is -0.355 e. The summed E-state index contributed by atoms with van der Waals surface area (Å²) in [6.45, 7) is 6.27. The largest absolute Gasteiger partial charge is 0.355 e. The molecule has 76 valence electrons. The van der Waals surface area contributed by atoms with Crippen LogP contribution in [-0.2, 0) is 4.79 Å². The number of carbonyl (C=O) groups excluding carboxylic acids is 1. The summed E-state index contributed by atoms with van der Waals surface area (Å²) in [5, 5.41) is 2.52. The molecule has 1 N–H and O–H groups in total. The van der Waals surface area contributed by atoms with Gasteiger partial charge in [0.1, 0.15) is 5.92 Å². The van der Waals surface area contributed by atoms with E-state index in [-0.39, 0.29) is 11.8 Å². The molecular formula is C9H15F2NO. The van der Waals surface area contributed by atoms with Crippen molar-refractivity contribution in [1.29, 1.82) is 0 Å². The van der Waals surface area contributed by atoms with Crippen molar-refractivity contribution in [2.24, 2.45) is 11.3 Å². The van der Waals surface area contributed by atoms with E-state index in [4.69, 9.17) is 0 Å². The Morgan fingerprint density at radius 2 is 2.00 bits per heavy atom. The van der Waals surface area contributed by atoms with E-state index in [2.05, 4.69) is 5.32 Å². The summed E-state index contributed by atoms with van der Waals surface area (Å²) < 4.78 is 24.8. The number of nitrogens with one attached hydrogen (secondary N) is 1. The van der Waals surface area contributed by atoms with Gasteiger partial charge in [-0.2, -0.15) is 0 Å². The molecule has 0 heterocycles. The Morgan fingerprint density at radius 3 is 2.31 bits per heavy atom. The number of amides is 1. The van der Waals surface area contributed by atoms with E-state index in [1.165, 1.54) is 0 Å². The zero-order valence-corrected chi connectivity index (χ0v) is 8.16. The van der Waals surface area contributed by atoms with Gasteiger partial charge < -0.3 is 5.32 Å². The summed E-state index contributed by atoms with van der Waals surface area (Å²) in [5.74, 6) is -4.34. The zero-order valence-electron chi connectivity index (χ0n) is 8.16. The fraction of sp³-hybridized carbons (Fsp3) is 0.889. The smallest absolute Gasteiger partial charge is 0.260 e. The summed E-state index contributed by atoms with van der Waals surface area (Å²) in [5.41, 5.74) is -0.0557. The average molecular weight is 191 g/mol. The minimum atomic E-state index is -2.75. The summed E-state index contributed by atoms with van der Waals surface area (Å²) in [4.78, 5) is 11.1. The van der Waals surface area contributed by atoms with Gasteiger partial charge in [-0.25, -0.2) is 8.78 Å². The lowest BCUT2D eigenvalue weighted by Crippen LogP contribution is -2.34. The first-order valence-corrected chi connectivity index (χ1v) is 4.38. The highest BCUT2D eigenvalue weighted by atomic mass is 19.3. The van der Waals surface area contributed by atoms with Gasteiger partial charge in [0, 0.05) is 13.0 Å². The Bertz CT molecular complexity index is 220. The maximum Gasteiger partial charge on any atom is 0.260 e. The SMILES string of the molecule is CC(C)(C)CNC(=O)C1CC1(F)F. The van der Waals surface area contributed by atoms with Gasteiger partial charge in [-0.3, -0.25) is 4.79 Å². The summed E-state index contributed by atoms with van der Waals surface area (Å²) in [6.07, 6.45) is -0.289. The molecule has 1 aliphatic carbocycles. The topological polar surface area (TPSA) is 29.1 Å². The lowest BCUT2D eigenvalue weighted by molar-refractivity contribution is -0.124. The van der Waals surface area contributed by atoms with E-state index in [0.29, 0.717) is 6.54 Å². The highest BCUT2D eigenvalue weighted by Crippen LogP contribution is 2.48. The Hall–Kier alpha value is -0.670. The lowest BCUT2D eigenvalue weighted by Gasteiger charge is -2.18. The predicted octanol–water partition coefficient (Wildman–Crippen LogP) is 1.80. The van der Waals surface area contributed by atoms with Crippen molar-refractivity contribution >= 4 is 5.91 Å². The first kappa shape index (κ1) is 10.4. The van der Waals surface area contributed by atoms with Crippen LogP contribution in [0.3, 0.4) is 0 Å². The van der Waals surface area contributed by atoms with Gasteiger partial charge in [0.25, 0.3) is 5.92 Å². The van der Waals surface area contributed by atoms with Crippen LogP contribution in [0.25, 0.3) is 0 Å². The maximum atomic E-state index is 12.4. The van der Waals surface area contributed by atoms with Crippen LogP contribution in [0, 0.1) is 11.3 Å². The molecule has 0 spiro atoms. The van der Waals surface area contributed by atoms with Crippen molar-refractivity contribution in [3.63, 3.8) is 0 Å². The van der Waals surface area contributed by atoms with E-state index in [1.807, 2.05) is 20.8 Å². The van der Waals surface area contributed by atoms with Crippen molar-refractivity contribution < 1.29 is 13.6 Å². The van der Waals surface area contributed by atoms with Crippen LogP contribution < -0.4 is 5.32 Å². The molecule has 1 amide bonds. The van der Waals surface area contributed by atoms with Gasteiger partial charge >= 0.3 is 0 Å². The van der Waals surface area contributed by atoms with E-state index < -0.39 is 17.7 Å². The Kier molecular flexibility index (Phi) is 2.34. The summed E-state index contributed by atoms with van der Waals surface area (Å²) >= 11 is 0. The van der Waals surface area contributed by atoms with Crippen molar-refractivity contribution in [2.45, 2.75) is 33.1 Å². The van der Waals surface area contributed by atoms with Crippen molar-refractivity contribution in [3.8, 4) is 0 Å². The number of alkyl halides is 2. The minimum absolute atomic E-state index is 0.0557. The van der Waals surface area contributed by atoms with Gasteiger partial charge in [-0.15, -0.1) is 0 Å². The Balaban J connectivity index is 2.29. The molecule has 1 saturated carbocycles. The van der Waals surface area contributed by atoms with Gasteiger partial charge in [-0.05, 0) is 5.41 Å². The quantitative estimate of drug-likeness (QED) is 0.708. The predicted molar refractivity (Wildman–Crippen MR) is 45.5 cm³/mol. The van der Waals surface area contributed by atoms with Gasteiger partial charge in [0.15, 0.2) is 0 Å². The number of hydrogen-bond donors (Lipinski definition) is 1. The van der Waals surface area contributed by atoms with Crippen molar-refractivity contribution in [3.05, 3.63) is 0 Å². The third-order valence-corrected chi connectivity index (χ3v) is 1.94. The molecule has 1 atom stereocenters. The number of rotatable bonds is 2. The molecule has 4 heteroatoms. The van der Waals surface area contributed by atoms with Crippen LogP contribution in [0.5, 0.6) is 0 Å². The second-order valence-electron chi connectivity index (χ2n) is 4.80. The van der Waals surface area contributed by atoms with E-state index in [9.17, 15) is 13.6 Å². The molecule has 0 aliphatic heterocycles. The zero-order chi connectivity index (χ0) is 10.3. The normalized spacial score (nSPS) is 25.5. The third-order valence-electron chi connectivity index (χ3n) is 1.94. The first-order valence-electron chi connectivity index (χ1n) is 4.38. The van der Waals surface area contributed by atoms with Gasteiger partial charge in [-0.1, -0.05) is 20.8 Å². The van der Waals surface area contributed by atoms with E-state index in [1.54, 1.807) is 0 Å². The fourth-order valence-corrected chi connectivity index (χ4v) is 0.973. The second-order valence-corrected chi connectivity index (χ2v) is 4.80. The molecule has 0 saturated heterocycles. The van der Waals surface area contributed by atoms with Crippen LogP contribution in [-0.4, -0.2) is 18.4 Å². The molecule has 1 aliphatic rings. The Labute approximate surface area is 76.7 Å². The maximum absolute atomic E-state index is 12.4. The molecule has 0 bridgehead atoms. The van der Waals surface area contributed by atoms with E-state index >= 15 is 0 Å². The standard InChI is InChI=1S/C9H15F2NO/c1-8(2,3)5-12-7(13)6-4-9(6,10)11/h6H,4-5H2,1-3H3,(H,12,13). The average Bonchev–Trinajstić information content (AvgIpc) is 2.53. The first-order chi connectivity index (χ1) is 5.72. The molecular weight excluding hydrogens is 176 g/mol. The molecule has 0 aromatic carbocycles. The monoisotopic (exact) mass is 191 g/mol. The molecule has 13 heavy (non-hydrogen) atoms. The third kappa shape index (κ3) is 2.94. The van der Waals surface area contributed by atoms with Crippen LogP contribution in [0.1, 0.15) is 27.2 Å². The highest BCUT2D eigenvalue weighted by Gasteiger charge is 2.61. The van der Waals surface area contributed by atoms with Crippen molar-refractivity contribution in [1.82, 2.24) is 5.32 Å². The van der Waals surface area contributed by atoms with Crippen LogP contribution in [0.2, 0.25) is 0 Å². The lowest BCUT2D eigenvalue weighted by atomic mass is 9.97. The van der Waals surface area contributed by atoms with Gasteiger partial charge in [0.05, 0.1) is 0 Å². The number of hydrogen-bond acceptors (Lipinski definition) is 1. The number of halogens is 2. The van der Waals surface area contributed by atoms with E-state index in [0.717, 1.165) is 0 Å². The molecule has 2 nitrogen and oxygen atoms in total. The van der Waals surface area contributed by atoms with Crippen molar-refractivity contribution in [2.75, 3.05) is 6.54 Å². The molecule has 1 rings (SSSR count). The Morgan fingerprint density at radius 1 is 1.54 bits per heavy atom. The van der Waals surface area contributed by atoms with Gasteiger partial charge in [0.2, 0.25) is 5.91 Å². The fourth-order valence-electron chi connectivity index (χ4n) is 0.973. The summed E-state index contributed by atoms with van der Waals surface area (Å²) in [7, 11) is 0. The molecule has 1 fully saturated rings.